The molecule has 0 saturated carbocycles. The summed E-state index contributed by atoms with van der Waals surface area (Å²) >= 11 is 0. The standard InChI is InChI=1S/C25H24F3N5O3/c26-25(27,28)36-22-4-2-1-3-16(22)6-8-23(34)32-11-9-18-14-33(15-19(18)10-12-32)24(35)17-5-7-20-21(13-17)30-31-29-20/h1-8,13,18-19H,9-12,14-15H2,(H,29,30,31)/b8-6+/t18-,19+. The highest BCUT2D eigenvalue weighted by Crippen LogP contribution is 2.33. The fourth-order valence-corrected chi connectivity index (χ4v) is 4.99. The number of alkyl halides is 3. The number of likely N-dealkylation sites (tertiary alicyclic amines) is 2. The molecule has 1 aromatic heterocycles. The Labute approximate surface area is 204 Å². The molecular weight excluding hydrogens is 475 g/mol. The summed E-state index contributed by atoms with van der Waals surface area (Å²) in [6, 6.07) is 11.0. The molecule has 5 rings (SSSR count). The molecule has 11 heteroatoms. The van der Waals surface area contributed by atoms with E-state index in [1.165, 1.54) is 30.4 Å². The van der Waals surface area contributed by atoms with E-state index in [0.29, 0.717) is 37.3 Å². The first kappa shape index (κ1) is 23.8. The number of hydrogen-bond acceptors (Lipinski definition) is 5. The summed E-state index contributed by atoms with van der Waals surface area (Å²) in [7, 11) is 0. The van der Waals surface area contributed by atoms with Crippen molar-refractivity contribution in [3.05, 3.63) is 59.7 Å². The first-order chi connectivity index (χ1) is 17.3. The van der Waals surface area contributed by atoms with Crippen LogP contribution in [0.3, 0.4) is 0 Å². The van der Waals surface area contributed by atoms with Crippen LogP contribution in [-0.4, -0.2) is 69.6 Å². The molecule has 0 aliphatic carbocycles. The molecule has 8 nitrogen and oxygen atoms in total. The van der Waals surface area contributed by atoms with E-state index in [1.54, 1.807) is 29.2 Å². The Hall–Kier alpha value is -3.89. The second-order valence-corrected chi connectivity index (χ2v) is 9.10. The van der Waals surface area contributed by atoms with E-state index in [0.717, 1.165) is 18.4 Å². The lowest BCUT2D eigenvalue weighted by Crippen LogP contribution is -2.33. The van der Waals surface area contributed by atoms with Gasteiger partial charge in [-0.05, 0) is 55.0 Å². The van der Waals surface area contributed by atoms with E-state index < -0.39 is 6.36 Å². The Morgan fingerprint density at radius 2 is 1.75 bits per heavy atom. The van der Waals surface area contributed by atoms with Gasteiger partial charge in [0.15, 0.2) is 0 Å². The van der Waals surface area contributed by atoms with E-state index in [2.05, 4.69) is 20.1 Å². The van der Waals surface area contributed by atoms with Crippen LogP contribution in [0.15, 0.2) is 48.5 Å². The number of nitrogens with zero attached hydrogens (tertiary/aromatic N) is 4. The number of benzene rings is 2. The molecule has 0 spiro atoms. The van der Waals surface area contributed by atoms with E-state index >= 15 is 0 Å². The highest BCUT2D eigenvalue weighted by Gasteiger charge is 2.37. The summed E-state index contributed by atoms with van der Waals surface area (Å²) in [5, 5.41) is 10.5. The zero-order valence-electron chi connectivity index (χ0n) is 19.2. The number of para-hydroxylation sites is 1. The van der Waals surface area contributed by atoms with Crippen molar-refractivity contribution < 1.29 is 27.5 Å². The number of carbonyl (C=O) groups is 2. The molecule has 0 bridgehead atoms. The minimum absolute atomic E-state index is 0.0384. The van der Waals surface area contributed by atoms with Gasteiger partial charge in [0, 0.05) is 43.4 Å². The molecule has 3 heterocycles. The quantitative estimate of drug-likeness (QED) is 0.551. The van der Waals surface area contributed by atoms with Gasteiger partial charge in [-0.25, -0.2) is 0 Å². The van der Waals surface area contributed by atoms with Crippen molar-refractivity contribution in [1.82, 2.24) is 25.2 Å². The van der Waals surface area contributed by atoms with Gasteiger partial charge >= 0.3 is 6.36 Å². The van der Waals surface area contributed by atoms with Crippen molar-refractivity contribution in [3.63, 3.8) is 0 Å². The average molecular weight is 499 g/mol. The first-order valence-corrected chi connectivity index (χ1v) is 11.7. The molecule has 36 heavy (non-hydrogen) atoms. The van der Waals surface area contributed by atoms with Crippen LogP contribution in [-0.2, 0) is 4.79 Å². The second kappa shape index (κ2) is 9.63. The lowest BCUT2D eigenvalue weighted by molar-refractivity contribution is -0.274. The molecule has 0 radical (unpaired) electrons. The van der Waals surface area contributed by atoms with Gasteiger partial charge in [0.05, 0.1) is 5.52 Å². The van der Waals surface area contributed by atoms with Crippen LogP contribution >= 0.6 is 0 Å². The summed E-state index contributed by atoms with van der Waals surface area (Å²) in [5.41, 5.74) is 2.16. The van der Waals surface area contributed by atoms with E-state index in [-0.39, 0.29) is 35.0 Å². The SMILES string of the molecule is O=C(/C=C/c1ccccc1OC(F)(F)F)N1CC[C@@H]2CN(C(=O)c3ccc4[nH]nnc4c3)C[C@@H]2CC1. The number of halogens is 3. The number of H-pyrrole nitrogens is 1. The van der Waals surface area contributed by atoms with Crippen LogP contribution in [0.2, 0.25) is 0 Å². The molecule has 2 aliphatic rings. The zero-order chi connectivity index (χ0) is 25.3. The van der Waals surface area contributed by atoms with Crippen molar-refractivity contribution in [2.45, 2.75) is 19.2 Å². The molecule has 0 unspecified atom stereocenters. The van der Waals surface area contributed by atoms with Crippen LogP contribution in [0.1, 0.15) is 28.8 Å². The Morgan fingerprint density at radius 1 is 1.03 bits per heavy atom. The van der Waals surface area contributed by atoms with Crippen LogP contribution < -0.4 is 4.74 Å². The molecule has 188 valence electrons. The van der Waals surface area contributed by atoms with Crippen molar-refractivity contribution in [1.29, 1.82) is 0 Å². The van der Waals surface area contributed by atoms with Gasteiger partial charge in [0.1, 0.15) is 11.3 Å². The molecule has 2 saturated heterocycles. The summed E-state index contributed by atoms with van der Waals surface area (Å²) in [6.07, 6.45) is -0.667. The van der Waals surface area contributed by atoms with Crippen LogP contribution in [0.5, 0.6) is 5.75 Å². The maximum absolute atomic E-state index is 13.1. The molecule has 2 atom stereocenters. The van der Waals surface area contributed by atoms with Gasteiger partial charge in [-0.3, -0.25) is 14.7 Å². The van der Waals surface area contributed by atoms with Gasteiger partial charge in [-0.1, -0.05) is 23.4 Å². The Balaban J connectivity index is 1.19. The van der Waals surface area contributed by atoms with E-state index in [9.17, 15) is 22.8 Å². The van der Waals surface area contributed by atoms with Gasteiger partial charge in [0.25, 0.3) is 5.91 Å². The minimum atomic E-state index is -4.81. The third-order valence-electron chi connectivity index (χ3n) is 6.84. The van der Waals surface area contributed by atoms with Crippen LogP contribution in [0.4, 0.5) is 13.2 Å². The number of ether oxygens (including phenoxy) is 1. The second-order valence-electron chi connectivity index (χ2n) is 9.10. The summed E-state index contributed by atoms with van der Waals surface area (Å²) < 4.78 is 42.0. The third-order valence-corrected chi connectivity index (χ3v) is 6.84. The highest BCUT2D eigenvalue weighted by molar-refractivity contribution is 5.97. The molecule has 1 N–H and O–H groups in total. The van der Waals surface area contributed by atoms with Gasteiger partial charge in [-0.2, -0.15) is 0 Å². The van der Waals surface area contributed by atoms with Crippen molar-refractivity contribution in [3.8, 4) is 5.75 Å². The number of nitrogens with one attached hydrogen (secondary N) is 1. The summed E-state index contributed by atoms with van der Waals surface area (Å²) in [4.78, 5) is 29.4. The van der Waals surface area contributed by atoms with Crippen LogP contribution in [0.25, 0.3) is 17.1 Å². The fraction of sp³-hybridized carbons (Fsp3) is 0.360. The number of aromatic nitrogens is 3. The smallest absolute Gasteiger partial charge is 0.405 e. The Bertz CT molecular complexity index is 1290. The molecule has 2 aromatic carbocycles. The molecule has 3 aromatic rings. The van der Waals surface area contributed by atoms with Gasteiger partial charge in [0.2, 0.25) is 5.91 Å². The molecule has 2 fully saturated rings. The van der Waals surface area contributed by atoms with Crippen LogP contribution in [0, 0.1) is 11.8 Å². The lowest BCUT2D eigenvalue weighted by atomic mass is 9.92. The van der Waals surface area contributed by atoms with E-state index in [4.69, 9.17) is 0 Å². The Morgan fingerprint density at radius 3 is 2.47 bits per heavy atom. The molecule has 2 aliphatic heterocycles. The fourth-order valence-electron chi connectivity index (χ4n) is 4.99. The van der Waals surface area contributed by atoms with Crippen molar-refractivity contribution in [2.75, 3.05) is 26.2 Å². The maximum atomic E-state index is 13.1. The largest absolute Gasteiger partial charge is 0.573 e. The maximum Gasteiger partial charge on any atom is 0.573 e. The predicted molar refractivity (Wildman–Crippen MR) is 125 cm³/mol. The third kappa shape index (κ3) is 5.19. The number of fused-ring (bicyclic) bond motifs is 2. The summed E-state index contributed by atoms with van der Waals surface area (Å²) in [6.45, 7) is 2.30. The monoisotopic (exact) mass is 499 g/mol. The first-order valence-electron chi connectivity index (χ1n) is 11.7. The summed E-state index contributed by atoms with van der Waals surface area (Å²) in [5.74, 6) is -0.0824. The molecule has 2 amide bonds. The van der Waals surface area contributed by atoms with Crippen molar-refractivity contribution in [2.24, 2.45) is 11.8 Å². The normalized spacial score (nSPS) is 20.5. The van der Waals surface area contributed by atoms with Gasteiger partial charge in [-0.15, -0.1) is 18.3 Å². The lowest BCUT2D eigenvalue weighted by Gasteiger charge is -2.21. The number of carbonyl (C=O) groups excluding carboxylic acids is 2. The topological polar surface area (TPSA) is 91.4 Å². The predicted octanol–water partition coefficient (Wildman–Crippen LogP) is 3.88. The van der Waals surface area contributed by atoms with Gasteiger partial charge < -0.3 is 14.5 Å². The molecular formula is C25H24F3N5O3. The number of amides is 2. The zero-order valence-corrected chi connectivity index (χ0v) is 19.2. The van der Waals surface area contributed by atoms with Crippen molar-refractivity contribution >= 4 is 28.9 Å². The highest BCUT2D eigenvalue weighted by atomic mass is 19.4. The average Bonchev–Trinajstić information content (AvgIpc) is 3.44. The number of aromatic amines is 1. The Kier molecular flexibility index (Phi) is 6.38. The van der Waals surface area contributed by atoms with E-state index in [1.807, 2.05) is 4.90 Å². The number of hydrogen-bond donors (Lipinski definition) is 1. The minimum Gasteiger partial charge on any atom is -0.405 e. The number of rotatable bonds is 4.